The molecule has 2 rings (SSSR count). The van der Waals surface area contributed by atoms with Gasteiger partial charge in [-0.2, -0.15) is 5.10 Å². The van der Waals surface area contributed by atoms with Crippen LogP contribution in [0.2, 0.25) is 0 Å². The Morgan fingerprint density at radius 3 is 2.83 bits per heavy atom. The molecule has 7 heteroatoms. The molecular formula is C17H23BrN4OS. The first-order valence-electron chi connectivity index (χ1n) is 7.83. The van der Waals surface area contributed by atoms with Crippen LogP contribution in [0.5, 0.6) is 0 Å². The number of benzene rings is 1. The predicted octanol–water partition coefficient (Wildman–Crippen LogP) is 3.63. The van der Waals surface area contributed by atoms with E-state index in [1.165, 1.54) is 5.56 Å². The van der Waals surface area contributed by atoms with E-state index in [1.807, 2.05) is 23.7 Å². The minimum absolute atomic E-state index is 0.622. The highest BCUT2D eigenvalue weighted by Gasteiger charge is 2.09. The summed E-state index contributed by atoms with van der Waals surface area (Å²) in [6.45, 7) is 6.30. The number of halogens is 1. The monoisotopic (exact) mass is 410 g/mol. The van der Waals surface area contributed by atoms with Crippen molar-refractivity contribution in [3.63, 3.8) is 0 Å². The summed E-state index contributed by atoms with van der Waals surface area (Å²) in [4.78, 5) is 0. The molecule has 0 atom stereocenters. The normalized spacial score (nSPS) is 10.7. The second-order valence-corrected chi connectivity index (χ2v) is 6.77. The van der Waals surface area contributed by atoms with Gasteiger partial charge in [-0.05, 0) is 66.1 Å². The fraction of sp³-hybridized carbons (Fsp3) is 0.412. The maximum atomic E-state index is 5.31. The number of anilines is 1. The number of nitrogens with zero attached hydrogens (tertiary/aromatic N) is 2. The van der Waals surface area contributed by atoms with Crippen LogP contribution in [-0.2, 0) is 11.3 Å². The number of ether oxygens (including phenoxy) is 1. The lowest BCUT2D eigenvalue weighted by Gasteiger charge is -2.12. The molecule has 0 saturated heterocycles. The van der Waals surface area contributed by atoms with Gasteiger partial charge >= 0.3 is 0 Å². The van der Waals surface area contributed by atoms with E-state index in [2.05, 4.69) is 50.7 Å². The first-order chi connectivity index (χ1) is 11.5. The molecule has 130 valence electrons. The minimum Gasteiger partial charge on any atom is -0.385 e. The Kier molecular flexibility index (Phi) is 7.20. The second kappa shape index (κ2) is 9.15. The third-order valence-corrected chi connectivity index (χ3v) is 5.02. The SMILES string of the molecule is COCCCNC(=S)Nc1cccc(Cn2nc(C)c(Br)c2C)c1. The van der Waals surface area contributed by atoms with Gasteiger partial charge in [0.2, 0.25) is 0 Å². The number of rotatable bonds is 7. The smallest absolute Gasteiger partial charge is 0.170 e. The van der Waals surface area contributed by atoms with E-state index in [-0.39, 0.29) is 0 Å². The Morgan fingerprint density at radius 2 is 2.17 bits per heavy atom. The molecule has 5 nitrogen and oxygen atoms in total. The van der Waals surface area contributed by atoms with Crippen molar-refractivity contribution in [3.05, 3.63) is 45.7 Å². The van der Waals surface area contributed by atoms with E-state index in [4.69, 9.17) is 17.0 Å². The zero-order chi connectivity index (χ0) is 17.5. The minimum atomic E-state index is 0.622. The van der Waals surface area contributed by atoms with Crippen LogP contribution in [-0.4, -0.2) is 35.2 Å². The summed E-state index contributed by atoms with van der Waals surface area (Å²) in [5.74, 6) is 0. The molecule has 0 unspecified atom stereocenters. The van der Waals surface area contributed by atoms with Crippen LogP contribution in [0.15, 0.2) is 28.7 Å². The van der Waals surface area contributed by atoms with Crippen LogP contribution in [0.25, 0.3) is 0 Å². The molecule has 0 fully saturated rings. The Bertz CT molecular complexity index is 702. The summed E-state index contributed by atoms with van der Waals surface area (Å²) in [7, 11) is 1.70. The van der Waals surface area contributed by atoms with Crippen molar-refractivity contribution in [1.82, 2.24) is 15.1 Å². The van der Waals surface area contributed by atoms with Gasteiger partial charge in [0.25, 0.3) is 0 Å². The van der Waals surface area contributed by atoms with Gasteiger partial charge in [0, 0.05) is 25.9 Å². The van der Waals surface area contributed by atoms with Crippen LogP contribution < -0.4 is 10.6 Å². The van der Waals surface area contributed by atoms with Crippen molar-refractivity contribution >= 4 is 38.9 Å². The molecule has 0 aliphatic rings. The van der Waals surface area contributed by atoms with Gasteiger partial charge < -0.3 is 15.4 Å². The fourth-order valence-electron chi connectivity index (χ4n) is 2.34. The standard InChI is InChI=1S/C17H23BrN4OS/c1-12-16(18)13(2)22(21-12)11-14-6-4-7-15(10-14)20-17(24)19-8-5-9-23-3/h4,6-7,10H,5,8-9,11H2,1-3H3,(H2,19,20,24). The molecule has 0 saturated carbocycles. The lowest BCUT2D eigenvalue weighted by Crippen LogP contribution is -2.29. The first-order valence-corrected chi connectivity index (χ1v) is 9.03. The van der Waals surface area contributed by atoms with Crippen LogP contribution in [0, 0.1) is 13.8 Å². The van der Waals surface area contributed by atoms with Crippen molar-refractivity contribution in [2.75, 3.05) is 25.6 Å². The maximum absolute atomic E-state index is 5.31. The van der Waals surface area contributed by atoms with E-state index in [0.29, 0.717) is 5.11 Å². The largest absolute Gasteiger partial charge is 0.385 e. The molecule has 1 aromatic carbocycles. The lowest BCUT2D eigenvalue weighted by molar-refractivity contribution is 0.196. The quantitative estimate of drug-likeness (QED) is 0.538. The molecule has 0 aliphatic heterocycles. The van der Waals surface area contributed by atoms with Crippen LogP contribution in [0.3, 0.4) is 0 Å². The fourth-order valence-corrected chi connectivity index (χ4v) is 2.85. The zero-order valence-electron chi connectivity index (χ0n) is 14.2. The van der Waals surface area contributed by atoms with Crippen LogP contribution in [0.1, 0.15) is 23.4 Å². The molecule has 2 N–H and O–H groups in total. The molecule has 0 aliphatic carbocycles. The highest BCUT2D eigenvalue weighted by molar-refractivity contribution is 9.10. The van der Waals surface area contributed by atoms with Crippen molar-refractivity contribution in [2.24, 2.45) is 0 Å². The Morgan fingerprint density at radius 1 is 1.38 bits per heavy atom. The topological polar surface area (TPSA) is 51.1 Å². The maximum Gasteiger partial charge on any atom is 0.170 e. The third-order valence-electron chi connectivity index (χ3n) is 3.62. The van der Waals surface area contributed by atoms with Crippen LogP contribution >= 0.6 is 28.1 Å². The number of aromatic nitrogens is 2. The summed E-state index contributed by atoms with van der Waals surface area (Å²) in [6, 6.07) is 8.20. The van der Waals surface area contributed by atoms with Crippen molar-refractivity contribution in [2.45, 2.75) is 26.8 Å². The molecule has 0 radical (unpaired) electrons. The van der Waals surface area contributed by atoms with Crippen molar-refractivity contribution < 1.29 is 4.74 Å². The molecule has 24 heavy (non-hydrogen) atoms. The highest BCUT2D eigenvalue weighted by Crippen LogP contribution is 2.21. The van der Waals surface area contributed by atoms with Gasteiger partial charge in [0.15, 0.2) is 5.11 Å². The van der Waals surface area contributed by atoms with Gasteiger partial charge in [0.05, 0.1) is 22.4 Å². The zero-order valence-corrected chi connectivity index (χ0v) is 16.6. The van der Waals surface area contributed by atoms with Crippen LogP contribution in [0.4, 0.5) is 5.69 Å². The van der Waals surface area contributed by atoms with Crippen molar-refractivity contribution in [1.29, 1.82) is 0 Å². The average Bonchev–Trinajstić information content (AvgIpc) is 2.79. The molecular weight excluding hydrogens is 388 g/mol. The number of nitrogens with one attached hydrogen (secondary N) is 2. The number of thiocarbonyl (C=S) groups is 1. The number of hydrogen-bond donors (Lipinski definition) is 2. The number of methoxy groups -OCH3 is 1. The van der Waals surface area contributed by atoms with E-state index in [9.17, 15) is 0 Å². The highest BCUT2D eigenvalue weighted by atomic mass is 79.9. The molecule has 0 amide bonds. The summed E-state index contributed by atoms with van der Waals surface area (Å²) in [6.07, 6.45) is 0.922. The third kappa shape index (κ3) is 5.29. The van der Waals surface area contributed by atoms with E-state index in [0.717, 1.165) is 47.7 Å². The lowest BCUT2D eigenvalue weighted by atomic mass is 10.2. The van der Waals surface area contributed by atoms with Gasteiger partial charge in [-0.15, -0.1) is 0 Å². The summed E-state index contributed by atoms with van der Waals surface area (Å²) < 4.78 is 8.09. The molecule has 0 bridgehead atoms. The Balaban J connectivity index is 1.96. The second-order valence-electron chi connectivity index (χ2n) is 5.57. The molecule has 0 spiro atoms. The Labute approximate surface area is 156 Å². The van der Waals surface area contributed by atoms with Gasteiger partial charge in [0.1, 0.15) is 0 Å². The van der Waals surface area contributed by atoms with Gasteiger partial charge in [-0.3, -0.25) is 4.68 Å². The van der Waals surface area contributed by atoms with Gasteiger partial charge in [-0.25, -0.2) is 0 Å². The summed E-state index contributed by atoms with van der Waals surface area (Å²) >= 11 is 8.88. The molecule has 1 heterocycles. The molecule has 1 aromatic heterocycles. The average molecular weight is 411 g/mol. The molecule has 2 aromatic rings. The van der Waals surface area contributed by atoms with E-state index < -0.39 is 0 Å². The predicted molar refractivity (Wildman–Crippen MR) is 106 cm³/mol. The number of hydrogen-bond acceptors (Lipinski definition) is 3. The first kappa shape index (κ1) is 18.9. The summed E-state index contributed by atoms with van der Waals surface area (Å²) in [5, 5.41) is 11.6. The van der Waals surface area contributed by atoms with E-state index >= 15 is 0 Å². The Hall–Kier alpha value is -1.44. The number of aryl methyl sites for hydroxylation is 1. The van der Waals surface area contributed by atoms with E-state index in [1.54, 1.807) is 7.11 Å². The van der Waals surface area contributed by atoms with Gasteiger partial charge in [-0.1, -0.05) is 12.1 Å². The van der Waals surface area contributed by atoms with Crippen molar-refractivity contribution in [3.8, 4) is 0 Å². The summed E-state index contributed by atoms with van der Waals surface area (Å²) in [5.41, 5.74) is 4.27.